The van der Waals surface area contributed by atoms with Gasteiger partial charge in [-0.1, -0.05) is 12.1 Å². The smallest absolute Gasteiger partial charge is 0.338 e. The van der Waals surface area contributed by atoms with Crippen LogP contribution in [0.1, 0.15) is 21.7 Å². The van der Waals surface area contributed by atoms with E-state index in [9.17, 15) is 9.18 Å². The van der Waals surface area contributed by atoms with Gasteiger partial charge >= 0.3 is 5.97 Å². The van der Waals surface area contributed by atoms with Gasteiger partial charge in [0, 0.05) is 12.1 Å². The molecule has 1 N–H and O–H groups in total. The molecule has 0 aliphatic carbocycles. The van der Waals surface area contributed by atoms with Crippen LogP contribution in [0.15, 0.2) is 41.0 Å². The second-order valence-corrected chi connectivity index (χ2v) is 4.34. The average Bonchev–Trinajstić information content (AvgIpc) is 2.84. The first-order valence-electron chi connectivity index (χ1n) is 5.79. The Balaban J connectivity index is 2.10. The van der Waals surface area contributed by atoms with Crippen molar-refractivity contribution in [2.75, 3.05) is 7.05 Å². The van der Waals surface area contributed by atoms with Gasteiger partial charge in [-0.15, -0.1) is 0 Å². The van der Waals surface area contributed by atoms with Crippen LogP contribution in [0.25, 0.3) is 0 Å². The number of carboxylic acid groups (broad SMARTS) is 1. The summed E-state index contributed by atoms with van der Waals surface area (Å²) in [6.45, 7) is 0.845. The molecule has 0 radical (unpaired) electrons. The minimum absolute atomic E-state index is 0.302. The lowest BCUT2D eigenvalue weighted by molar-refractivity contribution is 0.0691. The first-order chi connectivity index (χ1) is 9.08. The number of rotatable bonds is 5. The molecule has 5 heteroatoms. The molecular formula is C14H14FNO3. The number of halogens is 1. The Labute approximate surface area is 110 Å². The summed E-state index contributed by atoms with van der Waals surface area (Å²) in [5, 5.41) is 8.86. The number of benzene rings is 1. The highest BCUT2D eigenvalue weighted by Gasteiger charge is 2.15. The molecule has 19 heavy (non-hydrogen) atoms. The van der Waals surface area contributed by atoms with Gasteiger partial charge in [-0.2, -0.15) is 0 Å². The number of hydrogen-bond donors (Lipinski definition) is 1. The summed E-state index contributed by atoms with van der Waals surface area (Å²) in [7, 11) is 1.81. The molecule has 0 unspecified atom stereocenters. The summed E-state index contributed by atoms with van der Waals surface area (Å²) < 4.78 is 19.1. The zero-order valence-corrected chi connectivity index (χ0v) is 10.5. The zero-order chi connectivity index (χ0) is 13.8. The Bertz CT molecular complexity index is 566. The Kier molecular flexibility index (Phi) is 3.97. The molecule has 0 bridgehead atoms. The molecule has 0 saturated carbocycles. The average molecular weight is 263 g/mol. The highest BCUT2D eigenvalue weighted by atomic mass is 19.1. The lowest BCUT2D eigenvalue weighted by Crippen LogP contribution is -2.18. The minimum atomic E-state index is -1.26. The predicted octanol–water partition coefficient (Wildman–Crippen LogP) is 2.75. The quantitative estimate of drug-likeness (QED) is 0.901. The SMILES string of the molecule is CN(Cc1ccco1)Cc1cccc(C(=O)O)c1F. The van der Waals surface area contributed by atoms with Gasteiger partial charge < -0.3 is 9.52 Å². The number of carboxylic acids is 1. The Hall–Kier alpha value is -2.14. The van der Waals surface area contributed by atoms with Crippen molar-refractivity contribution in [2.45, 2.75) is 13.1 Å². The van der Waals surface area contributed by atoms with E-state index >= 15 is 0 Å². The first-order valence-corrected chi connectivity index (χ1v) is 5.79. The van der Waals surface area contributed by atoms with Crippen molar-refractivity contribution < 1.29 is 18.7 Å². The van der Waals surface area contributed by atoms with Crippen molar-refractivity contribution in [2.24, 2.45) is 0 Å². The van der Waals surface area contributed by atoms with Crippen molar-refractivity contribution in [1.82, 2.24) is 4.90 Å². The van der Waals surface area contributed by atoms with E-state index in [4.69, 9.17) is 9.52 Å². The number of carbonyl (C=O) groups is 1. The molecule has 100 valence electrons. The fraction of sp³-hybridized carbons (Fsp3) is 0.214. The first kappa shape index (κ1) is 13.3. The topological polar surface area (TPSA) is 53.7 Å². The molecule has 0 atom stereocenters. The van der Waals surface area contributed by atoms with Crippen LogP contribution in [0, 0.1) is 5.82 Å². The number of aromatic carboxylic acids is 1. The highest BCUT2D eigenvalue weighted by molar-refractivity contribution is 5.88. The summed E-state index contributed by atoms with van der Waals surface area (Å²) in [6, 6.07) is 8.01. The summed E-state index contributed by atoms with van der Waals surface area (Å²) in [5.74, 6) is -1.16. The molecule has 0 saturated heterocycles. The molecule has 1 heterocycles. The molecule has 0 aliphatic rings. The van der Waals surface area contributed by atoms with Crippen LogP contribution >= 0.6 is 0 Å². The fourth-order valence-electron chi connectivity index (χ4n) is 1.88. The number of hydrogen-bond acceptors (Lipinski definition) is 3. The van der Waals surface area contributed by atoms with E-state index < -0.39 is 11.8 Å². The van der Waals surface area contributed by atoms with Crippen LogP contribution in [-0.2, 0) is 13.1 Å². The molecular weight excluding hydrogens is 249 g/mol. The summed E-state index contributed by atoms with van der Waals surface area (Å²) in [6.07, 6.45) is 1.58. The third kappa shape index (κ3) is 3.20. The van der Waals surface area contributed by atoms with Gasteiger partial charge in [0.1, 0.15) is 11.6 Å². The standard InChI is InChI=1S/C14H14FNO3/c1-16(9-11-5-3-7-19-11)8-10-4-2-6-12(13(10)15)14(17)18/h2-7H,8-9H2,1H3,(H,17,18). The van der Waals surface area contributed by atoms with E-state index in [1.807, 2.05) is 18.0 Å². The van der Waals surface area contributed by atoms with E-state index in [0.717, 1.165) is 5.76 Å². The summed E-state index contributed by atoms with van der Waals surface area (Å²) >= 11 is 0. The highest BCUT2D eigenvalue weighted by Crippen LogP contribution is 2.16. The maximum absolute atomic E-state index is 13.9. The van der Waals surface area contributed by atoms with Crippen LogP contribution in [0.3, 0.4) is 0 Å². The number of furan rings is 1. The number of nitrogens with zero attached hydrogens (tertiary/aromatic N) is 1. The van der Waals surface area contributed by atoms with Crippen LogP contribution in [-0.4, -0.2) is 23.0 Å². The minimum Gasteiger partial charge on any atom is -0.478 e. The lowest BCUT2D eigenvalue weighted by atomic mass is 10.1. The Morgan fingerprint density at radius 1 is 1.32 bits per heavy atom. The van der Waals surface area contributed by atoms with Crippen molar-refractivity contribution in [1.29, 1.82) is 0 Å². The Morgan fingerprint density at radius 3 is 2.74 bits per heavy atom. The van der Waals surface area contributed by atoms with Crippen molar-refractivity contribution in [3.8, 4) is 0 Å². The van der Waals surface area contributed by atoms with Crippen LogP contribution < -0.4 is 0 Å². The summed E-state index contributed by atoms with van der Waals surface area (Å²) in [4.78, 5) is 12.7. The van der Waals surface area contributed by atoms with Gasteiger partial charge in [0.25, 0.3) is 0 Å². The molecule has 0 amide bonds. The van der Waals surface area contributed by atoms with E-state index in [0.29, 0.717) is 18.7 Å². The van der Waals surface area contributed by atoms with Crippen molar-refractivity contribution >= 4 is 5.97 Å². The molecule has 4 nitrogen and oxygen atoms in total. The molecule has 1 aromatic carbocycles. The predicted molar refractivity (Wildman–Crippen MR) is 67.2 cm³/mol. The zero-order valence-electron chi connectivity index (χ0n) is 10.5. The molecule has 0 fully saturated rings. The summed E-state index contributed by atoms with van der Waals surface area (Å²) in [5.41, 5.74) is 0.0536. The third-order valence-corrected chi connectivity index (χ3v) is 2.76. The maximum atomic E-state index is 13.9. The van der Waals surface area contributed by atoms with Crippen molar-refractivity contribution in [3.05, 3.63) is 59.3 Å². The molecule has 1 aromatic heterocycles. The second kappa shape index (κ2) is 5.67. The molecule has 0 aliphatic heterocycles. The van der Waals surface area contributed by atoms with Gasteiger partial charge in [-0.25, -0.2) is 9.18 Å². The Morgan fingerprint density at radius 2 is 2.11 bits per heavy atom. The molecule has 0 spiro atoms. The van der Waals surface area contributed by atoms with Gasteiger partial charge in [0.2, 0.25) is 0 Å². The van der Waals surface area contributed by atoms with Crippen LogP contribution in [0.2, 0.25) is 0 Å². The second-order valence-electron chi connectivity index (χ2n) is 4.34. The van der Waals surface area contributed by atoms with Gasteiger partial charge in [0.15, 0.2) is 0 Å². The normalized spacial score (nSPS) is 10.9. The largest absolute Gasteiger partial charge is 0.478 e. The third-order valence-electron chi connectivity index (χ3n) is 2.76. The van der Waals surface area contributed by atoms with Gasteiger partial charge in [0.05, 0.1) is 18.4 Å². The lowest BCUT2D eigenvalue weighted by Gasteiger charge is -2.16. The fourth-order valence-corrected chi connectivity index (χ4v) is 1.88. The molecule has 2 rings (SSSR count). The van der Waals surface area contributed by atoms with Gasteiger partial charge in [-0.3, -0.25) is 4.90 Å². The van der Waals surface area contributed by atoms with E-state index in [-0.39, 0.29) is 5.56 Å². The van der Waals surface area contributed by atoms with Crippen LogP contribution in [0.4, 0.5) is 4.39 Å². The maximum Gasteiger partial charge on any atom is 0.338 e. The van der Waals surface area contributed by atoms with E-state index in [1.165, 1.54) is 6.07 Å². The monoisotopic (exact) mass is 263 g/mol. The van der Waals surface area contributed by atoms with Crippen molar-refractivity contribution in [3.63, 3.8) is 0 Å². The molecule has 2 aromatic rings. The van der Waals surface area contributed by atoms with E-state index in [2.05, 4.69) is 0 Å². The van der Waals surface area contributed by atoms with Gasteiger partial charge in [-0.05, 0) is 25.2 Å². The van der Waals surface area contributed by atoms with E-state index in [1.54, 1.807) is 24.5 Å². The van der Waals surface area contributed by atoms with Crippen LogP contribution in [0.5, 0.6) is 0 Å².